The van der Waals surface area contributed by atoms with E-state index in [1.54, 1.807) is 31.9 Å². The van der Waals surface area contributed by atoms with Gasteiger partial charge in [0.2, 0.25) is 0 Å². The van der Waals surface area contributed by atoms with E-state index in [1.807, 2.05) is 48.5 Å². The Hall–Kier alpha value is -2.88. The monoisotopic (exact) mass is 321 g/mol. The van der Waals surface area contributed by atoms with Crippen molar-refractivity contribution < 1.29 is 14.3 Å². The van der Waals surface area contributed by atoms with Crippen LogP contribution >= 0.6 is 0 Å². The number of ether oxygens (including phenoxy) is 1. The topological polar surface area (TPSA) is 46.6 Å². The number of amides is 1. The minimum Gasteiger partial charge on any atom is -0.476 e. The van der Waals surface area contributed by atoms with Crippen molar-refractivity contribution in [1.82, 2.24) is 0 Å². The zero-order valence-electron chi connectivity index (χ0n) is 13.9. The molecule has 0 fully saturated rings. The number of nitrogens with zero attached hydrogens (tertiary/aromatic N) is 1. The lowest BCUT2D eigenvalue weighted by atomic mass is 10.00. The summed E-state index contributed by atoms with van der Waals surface area (Å²) in [6.07, 6.45) is 2.66. The van der Waals surface area contributed by atoms with Gasteiger partial charge in [0, 0.05) is 12.6 Å². The van der Waals surface area contributed by atoms with Gasteiger partial charge in [0.25, 0.3) is 5.91 Å². The van der Waals surface area contributed by atoms with Crippen molar-refractivity contribution in [3.8, 4) is 5.75 Å². The van der Waals surface area contributed by atoms with Crippen molar-refractivity contribution in [2.75, 3.05) is 11.9 Å². The van der Waals surface area contributed by atoms with Crippen LogP contribution in [0.25, 0.3) is 11.6 Å². The molecule has 0 atom stereocenters. The lowest BCUT2D eigenvalue weighted by molar-refractivity contribution is -0.132. The highest BCUT2D eigenvalue weighted by atomic mass is 16.5. The molecule has 1 aliphatic rings. The fraction of sp³-hybridized carbons (Fsp3) is 0.200. The van der Waals surface area contributed by atoms with Gasteiger partial charge in [0.1, 0.15) is 5.75 Å². The number of hydrogen-bond acceptors (Lipinski definition) is 3. The van der Waals surface area contributed by atoms with Crippen LogP contribution in [0.2, 0.25) is 0 Å². The Bertz CT molecular complexity index is 822. The smallest absolute Gasteiger partial charge is 0.270 e. The Morgan fingerprint density at radius 1 is 1.12 bits per heavy atom. The Labute approximate surface area is 141 Å². The molecule has 0 N–H and O–H groups in total. The Kier molecular flexibility index (Phi) is 3.97. The normalized spacial score (nSPS) is 16.4. The molecule has 0 aromatic heterocycles. The highest BCUT2D eigenvalue weighted by molar-refractivity contribution is 6.14. The average Bonchev–Trinajstić information content (AvgIpc) is 2.58. The number of carbonyl (C=O) groups excluding carboxylic acids is 2. The fourth-order valence-corrected chi connectivity index (χ4v) is 2.80. The number of allylic oxidation sites excluding steroid dienone is 1. The minimum absolute atomic E-state index is 0.0989. The summed E-state index contributed by atoms with van der Waals surface area (Å²) in [5.41, 5.74) is 2.04. The molecule has 1 amide bonds. The predicted octanol–water partition coefficient (Wildman–Crippen LogP) is 3.56. The first kappa shape index (κ1) is 16.0. The molecule has 1 aliphatic heterocycles. The van der Waals surface area contributed by atoms with Crippen LogP contribution in [0.1, 0.15) is 25.0 Å². The van der Waals surface area contributed by atoms with Gasteiger partial charge in [-0.05, 0) is 43.2 Å². The molecular weight excluding hydrogens is 302 g/mol. The van der Waals surface area contributed by atoms with Crippen molar-refractivity contribution in [2.45, 2.75) is 19.4 Å². The molecule has 0 radical (unpaired) electrons. The van der Waals surface area contributed by atoms with E-state index in [0.29, 0.717) is 17.0 Å². The number of fused-ring (bicyclic) bond motifs is 1. The summed E-state index contributed by atoms with van der Waals surface area (Å²) in [5.74, 6) is 0.499. The SMILES string of the molecule is CN1C(=O)C(C)(C)Oc2cc(C(C=O)=Cc3ccccc3)ccc21. The summed E-state index contributed by atoms with van der Waals surface area (Å²) in [5, 5.41) is 0. The molecule has 4 nitrogen and oxygen atoms in total. The lowest BCUT2D eigenvalue weighted by Gasteiger charge is -2.37. The molecule has 2 aromatic rings. The van der Waals surface area contributed by atoms with Crippen LogP contribution in [0.15, 0.2) is 48.5 Å². The fourth-order valence-electron chi connectivity index (χ4n) is 2.80. The number of hydrogen-bond donors (Lipinski definition) is 0. The molecule has 24 heavy (non-hydrogen) atoms. The summed E-state index contributed by atoms with van der Waals surface area (Å²) in [6.45, 7) is 3.48. The third-order valence-electron chi connectivity index (χ3n) is 4.09. The van der Waals surface area contributed by atoms with Crippen LogP contribution in [0, 0.1) is 0 Å². The van der Waals surface area contributed by atoms with Crippen LogP contribution in [0.3, 0.4) is 0 Å². The quantitative estimate of drug-likeness (QED) is 0.493. The summed E-state index contributed by atoms with van der Waals surface area (Å²) in [4.78, 5) is 25.4. The number of carbonyl (C=O) groups is 2. The minimum atomic E-state index is -0.926. The van der Waals surface area contributed by atoms with Gasteiger partial charge < -0.3 is 9.64 Å². The van der Waals surface area contributed by atoms with Crippen molar-refractivity contribution in [1.29, 1.82) is 0 Å². The Morgan fingerprint density at radius 2 is 1.83 bits per heavy atom. The van der Waals surface area contributed by atoms with Crippen LogP contribution in [0.5, 0.6) is 5.75 Å². The van der Waals surface area contributed by atoms with Crippen molar-refractivity contribution in [2.24, 2.45) is 0 Å². The first-order valence-corrected chi connectivity index (χ1v) is 7.76. The van der Waals surface area contributed by atoms with Gasteiger partial charge in [0.15, 0.2) is 11.9 Å². The second-order valence-electron chi connectivity index (χ2n) is 6.29. The molecule has 0 unspecified atom stereocenters. The van der Waals surface area contributed by atoms with E-state index in [-0.39, 0.29) is 5.91 Å². The van der Waals surface area contributed by atoms with E-state index in [9.17, 15) is 9.59 Å². The summed E-state index contributed by atoms with van der Waals surface area (Å²) < 4.78 is 5.85. The maximum Gasteiger partial charge on any atom is 0.270 e. The number of rotatable bonds is 3. The summed E-state index contributed by atoms with van der Waals surface area (Å²) in [6, 6.07) is 15.1. The van der Waals surface area contributed by atoms with E-state index in [4.69, 9.17) is 4.74 Å². The summed E-state index contributed by atoms with van der Waals surface area (Å²) >= 11 is 0. The molecule has 0 aliphatic carbocycles. The molecule has 2 aromatic carbocycles. The van der Waals surface area contributed by atoms with Gasteiger partial charge >= 0.3 is 0 Å². The molecule has 0 spiro atoms. The summed E-state index contributed by atoms with van der Waals surface area (Å²) in [7, 11) is 1.73. The van der Waals surface area contributed by atoms with E-state index in [2.05, 4.69) is 0 Å². The molecule has 0 saturated heterocycles. The third kappa shape index (κ3) is 2.83. The van der Waals surface area contributed by atoms with E-state index < -0.39 is 5.60 Å². The first-order chi connectivity index (χ1) is 11.4. The van der Waals surface area contributed by atoms with Crippen LogP contribution in [-0.4, -0.2) is 24.8 Å². The van der Waals surface area contributed by atoms with Crippen LogP contribution < -0.4 is 9.64 Å². The zero-order valence-corrected chi connectivity index (χ0v) is 13.9. The number of aldehydes is 1. The second kappa shape index (κ2) is 5.96. The Balaban J connectivity index is 2.04. The van der Waals surface area contributed by atoms with Crippen LogP contribution in [0.4, 0.5) is 5.69 Å². The molecule has 3 rings (SSSR count). The van der Waals surface area contributed by atoms with E-state index in [0.717, 1.165) is 17.4 Å². The van der Waals surface area contributed by atoms with E-state index >= 15 is 0 Å². The van der Waals surface area contributed by atoms with Gasteiger partial charge in [-0.15, -0.1) is 0 Å². The van der Waals surface area contributed by atoms with Crippen molar-refractivity contribution in [3.63, 3.8) is 0 Å². The lowest BCUT2D eigenvalue weighted by Crippen LogP contribution is -2.50. The van der Waals surface area contributed by atoms with Gasteiger partial charge in [-0.2, -0.15) is 0 Å². The standard InChI is InChI=1S/C20H19NO3/c1-20(2)19(23)21(3)17-10-9-15(12-18(17)24-20)16(13-22)11-14-7-5-4-6-8-14/h4-13H,1-3H3. The maximum atomic E-state index is 12.3. The first-order valence-electron chi connectivity index (χ1n) is 7.76. The van der Waals surface area contributed by atoms with Crippen molar-refractivity contribution >= 4 is 29.5 Å². The second-order valence-corrected chi connectivity index (χ2v) is 6.29. The maximum absolute atomic E-state index is 12.3. The number of anilines is 1. The third-order valence-corrected chi connectivity index (χ3v) is 4.09. The molecular formula is C20H19NO3. The largest absolute Gasteiger partial charge is 0.476 e. The average molecular weight is 321 g/mol. The molecule has 4 heteroatoms. The van der Waals surface area contributed by atoms with Crippen LogP contribution in [-0.2, 0) is 9.59 Å². The van der Waals surface area contributed by atoms with Gasteiger partial charge in [-0.3, -0.25) is 9.59 Å². The zero-order chi connectivity index (χ0) is 17.3. The molecule has 0 bridgehead atoms. The molecule has 0 saturated carbocycles. The molecule has 122 valence electrons. The highest BCUT2D eigenvalue weighted by Crippen LogP contribution is 2.38. The predicted molar refractivity (Wildman–Crippen MR) is 94.9 cm³/mol. The number of benzene rings is 2. The van der Waals surface area contributed by atoms with Crippen molar-refractivity contribution in [3.05, 3.63) is 59.7 Å². The molecule has 1 heterocycles. The van der Waals surface area contributed by atoms with Gasteiger partial charge in [-0.1, -0.05) is 36.4 Å². The van der Waals surface area contributed by atoms with Gasteiger partial charge in [0.05, 0.1) is 5.69 Å². The highest BCUT2D eigenvalue weighted by Gasteiger charge is 2.39. The Morgan fingerprint density at radius 3 is 2.50 bits per heavy atom. The van der Waals surface area contributed by atoms with E-state index in [1.165, 1.54) is 0 Å². The number of likely N-dealkylation sites (N-methyl/N-ethyl adjacent to an activating group) is 1. The van der Waals surface area contributed by atoms with Gasteiger partial charge in [-0.25, -0.2) is 0 Å².